The Labute approximate surface area is 152 Å². The number of nitrogens with one attached hydrogen (secondary N) is 1. The van der Waals surface area contributed by atoms with Crippen LogP contribution in [-0.2, 0) is 4.79 Å². The molecule has 1 atom stereocenters. The Hall–Kier alpha value is -1.44. The van der Waals surface area contributed by atoms with Gasteiger partial charge in [0, 0.05) is 38.5 Å². The fraction of sp³-hybridized carbons (Fsp3) is 0.500. The molecule has 1 aromatic heterocycles. The molecule has 0 saturated heterocycles. The third kappa shape index (κ3) is 6.59. The van der Waals surface area contributed by atoms with Crippen LogP contribution in [0.15, 0.2) is 29.5 Å². The Morgan fingerprint density at radius 3 is 2.75 bits per heavy atom. The van der Waals surface area contributed by atoms with Crippen LogP contribution in [0.1, 0.15) is 20.3 Å². The molecule has 0 aliphatic heterocycles. The summed E-state index contributed by atoms with van der Waals surface area (Å²) >= 11 is 7.53. The van der Waals surface area contributed by atoms with Crippen molar-refractivity contribution in [3.8, 4) is 0 Å². The van der Waals surface area contributed by atoms with Gasteiger partial charge in [-0.25, -0.2) is 0 Å². The van der Waals surface area contributed by atoms with Crippen LogP contribution < -0.4 is 0 Å². The molecule has 0 aliphatic rings. The van der Waals surface area contributed by atoms with E-state index in [1.165, 1.54) is 6.21 Å². The van der Waals surface area contributed by atoms with Crippen molar-refractivity contribution in [1.82, 2.24) is 14.2 Å². The number of nitrogens with zero attached hydrogens (tertiary/aromatic N) is 4. The number of rotatable bonds is 10. The summed E-state index contributed by atoms with van der Waals surface area (Å²) in [5.74, 6) is -0.0435. The molecule has 1 unspecified atom stereocenters. The summed E-state index contributed by atoms with van der Waals surface area (Å²) in [7, 11) is 0. The molecule has 1 amide bonds. The Bertz CT molecular complexity index is 551. The van der Waals surface area contributed by atoms with Crippen LogP contribution in [0.3, 0.4) is 0 Å². The van der Waals surface area contributed by atoms with Gasteiger partial charge in [0.05, 0.1) is 11.9 Å². The molecule has 8 heteroatoms. The van der Waals surface area contributed by atoms with Crippen LogP contribution >= 0.6 is 23.5 Å². The van der Waals surface area contributed by atoms with Crippen molar-refractivity contribution >= 4 is 46.5 Å². The second kappa shape index (κ2) is 11.2. The van der Waals surface area contributed by atoms with Crippen LogP contribution in [0.5, 0.6) is 0 Å². The van der Waals surface area contributed by atoms with Crippen molar-refractivity contribution in [1.29, 1.82) is 5.41 Å². The highest BCUT2D eigenvalue weighted by Crippen LogP contribution is 2.12. The second-order valence-electron chi connectivity index (χ2n) is 4.92. The van der Waals surface area contributed by atoms with Crippen molar-refractivity contribution in [3.05, 3.63) is 24.5 Å². The lowest BCUT2D eigenvalue weighted by Gasteiger charge is -2.28. The molecule has 0 fully saturated rings. The minimum atomic E-state index is -0.659. The number of aromatic nitrogens is 1. The van der Waals surface area contributed by atoms with E-state index < -0.39 is 6.04 Å². The Balaban J connectivity index is 2.81. The number of pyridine rings is 1. The van der Waals surface area contributed by atoms with Crippen molar-refractivity contribution in [2.24, 2.45) is 4.99 Å². The van der Waals surface area contributed by atoms with E-state index in [-0.39, 0.29) is 11.1 Å². The van der Waals surface area contributed by atoms with Crippen molar-refractivity contribution in [3.63, 3.8) is 0 Å². The second-order valence-corrected chi connectivity index (χ2v) is 6.20. The van der Waals surface area contributed by atoms with Crippen LogP contribution in [0.2, 0.25) is 0 Å². The van der Waals surface area contributed by atoms with Crippen LogP contribution in [0.25, 0.3) is 0 Å². The first kappa shape index (κ1) is 20.6. The SMILES string of the molecule is CCN(CCC(=O)N(CC)C(C=Nc1cccnc1)C(=N)Cl)SC. The normalized spacial score (nSPS) is 12.5. The average molecular weight is 370 g/mol. The quantitative estimate of drug-likeness (QED) is 0.507. The first-order chi connectivity index (χ1) is 11.5. The largest absolute Gasteiger partial charge is 0.328 e. The zero-order chi connectivity index (χ0) is 17.9. The number of halogens is 1. The summed E-state index contributed by atoms with van der Waals surface area (Å²) in [6, 6.07) is 2.92. The first-order valence-corrected chi connectivity index (χ1v) is 9.36. The van der Waals surface area contributed by atoms with E-state index in [1.807, 2.05) is 13.2 Å². The van der Waals surface area contributed by atoms with Gasteiger partial charge in [-0.05, 0) is 25.3 Å². The van der Waals surface area contributed by atoms with E-state index in [1.54, 1.807) is 41.4 Å². The highest BCUT2D eigenvalue weighted by molar-refractivity contribution is 7.96. The molecule has 0 spiro atoms. The van der Waals surface area contributed by atoms with Crippen molar-refractivity contribution < 1.29 is 4.79 Å². The number of aliphatic imine (C=N–C) groups is 1. The molecular formula is C16H24ClN5OS. The molecule has 24 heavy (non-hydrogen) atoms. The zero-order valence-electron chi connectivity index (χ0n) is 14.3. The van der Waals surface area contributed by atoms with Crippen LogP contribution in [0, 0.1) is 5.41 Å². The predicted octanol–water partition coefficient (Wildman–Crippen LogP) is 3.21. The topological polar surface area (TPSA) is 72.7 Å². The van der Waals surface area contributed by atoms with Crippen LogP contribution in [-0.4, -0.2) is 63.4 Å². The number of amides is 1. The van der Waals surface area contributed by atoms with E-state index in [2.05, 4.69) is 21.2 Å². The van der Waals surface area contributed by atoms with Crippen LogP contribution in [0.4, 0.5) is 5.69 Å². The number of hydrogen-bond acceptors (Lipinski definition) is 6. The van der Waals surface area contributed by atoms with E-state index in [0.717, 1.165) is 6.54 Å². The summed E-state index contributed by atoms with van der Waals surface area (Å²) in [5, 5.41) is 7.65. The van der Waals surface area contributed by atoms with Gasteiger partial charge in [0.25, 0.3) is 0 Å². The van der Waals surface area contributed by atoms with Gasteiger partial charge in [-0.3, -0.25) is 24.5 Å². The lowest BCUT2D eigenvalue weighted by molar-refractivity contribution is -0.131. The molecule has 0 bridgehead atoms. The summed E-state index contributed by atoms with van der Waals surface area (Å²) < 4.78 is 2.11. The predicted molar refractivity (Wildman–Crippen MR) is 103 cm³/mol. The third-order valence-electron chi connectivity index (χ3n) is 3.45. The Kier molecular flexibility index (Phi) is 9.59. The smallest absolute Gasteiger partial charge is 0.224 e. The third-order valence-corrected chi connectivity index (χ3v) is 4.63. The maximum Gasteiger partial charge on any atom is 0.224 e. The maximum absolute atomic E-state index is 12.5. The highest BCUT2D eigenvalue weighted by Gasteiger charge is 2.24. The minimum absolute atomic E-state index is 0.0435. The fourth-order valence-corrected chi connectivity index (χ4v) is 2.85. The van der Waals surface area contributed by atoms with Gasteiger partial charge >= 0.3 is 0 Å². The first-order valence-electron chi connectivity index (χ1n) is 7.80. The standard InChI is InChI=1S/C16H24ClN5OS/c1-4-21(24-3)10-8-15(23)22(5-2)14(16(17)18)12-20-13-7-6-9-19-11-13/h6-7,9,11-12,14,18H,4-5,8,10H2,1-3H3. The molecule has 0 saturated carbocycles. The monoisotopic (exact) mass is 369 g/mol. The summed E-state index contributed by atoms with van der Waals surface area (Å²) in [6.45, 7) is 5.92. The Morgan fingerprint density at radius 2 is 2.25 bits per heavy atom. The minimum Gasteiger partial charge on any atom is -0.328 e. The molecule has 1 N–H and O–H groups in total. The molecular weight excluding hydrogens is 346 g/mol. The Morgan fingerprint density at radius 1 is 1.50 bits per heavy atom. The maximum atomic E-state index is 12.5. The van der Waals surface area contributed by atoms with E-state index in [9.17, 15) is 4.79 Å². The summed E-state index contributed by atoms with van der Waals surface area (Å²) in [6.07, 6.45) is 7.17. The number of carbonyl (C=O) groups excluding carboxylic acids is 1. The molecule has 6 nitrogen and oxygen atoms in total. The lowest BCUT2D eigenvalue weighted by Crippen LogP contribution is -2.45. The van der Waals surface area contributed by atoms with E-state index in [0.29, 0.717) is 25.2 Å². The van der Waals surface area contributed by atoms with Gasteiger partial charge in [-0.1, -0.05) is 30.5 Å². The summed E-state index contributed by atoms with van der Waals surface area (Å²) in [4.78, 5) is 22.4. The van der Waals surface area contributed by atoms with Gasteiger partial charge in [0.1, 0.15) is 11.2 Å². The van der Waals surface area contributed by atoms with Gasteiger partial charge in [-0.2, -0.15) is 0 Å². The summed E-state index contributed by atoms with van der Waals surface area (Å²) in [5.41, 5.74) is 0.656. The molecule has 0 aliphatic carbocycles. The van der Waals surface area contributed by atoms with Gasteiger partial charge in [0.15, 0.2) is 0 Å². The fourth-order valence-electron chi connectivity index (χ4n) is 2.14. The molecule has 1 heterocycles. The molecule has 1 rings (SSSR count). The lowest BCUT2D eigenvalue weighted by atomic mass is 10.2. The van der Waals surface area contributed by atoms with Gasteiger partial charge in [0.2, 0.25) is 5.91 Å². The molecule has 0 radical (unpaired) electrons. The van der Waals surface area contributed by atoms with Gasteiger partial charge in [-0.15, -0.1) is 0 Å². The van der Waals surface area contributed by atoms with Crippen molar-refractivity contribution in [2.75, 3.05) is 25.9 Å². The van der Waals surface area contributed by atoms with Crippen molar-refractivity contribution in [2.45, 2.75) is 26.3 Å². The number of hydrogen-bond donors (Lipinski definition) is 1. The molecule has 0 aromatic carbocycles. The molecule has 1 aromatic rings. The van der Waals surface area contributed by atoms with Gasteiger partial charge < -0.3 is 4.90 Å². The van der Waals surface area contributed by atoms with E-state index >= 15 is 0 Å². The average Bonchev–Trinajstić information content (AvgIpc) is 2.59. The molecule has 132 valence electrons. The van der Waals surface area contributed by atoms with E-state index in [4.69, 9.17) is 17.0 Å². The highest BCUT2D eigenvalue weighted by atomic mass is 35.5. The zero-order valence-corrected chi connectivity index (χ0v) is 15.8. The number of carbonyl (C=O) groups is 1.